The lowest BCUT2D eigenvalue weighted by Crippen LogP contribution is -2.10. The number of nitro groups is 1. The highest BCUT2D eigenvalue weighted by atomic mass is 16.6. The Morgan fingerprint density at radius 2 is 1.25 bits per heavy atom. The normalized spacial score (nSPS) is 12.6. The zero-order valence-electron chi connectivity index (χ0n) is 19.3. The summed E-state index contributed by atoms with van der Waals surface area (Å²) in [6, 6.07) is -5.36. The number of hydrogen-bond acceptors (Lipinski definition) is 7. The Labute approximate surface area is 163 Å². The topological polar surface area (TPSA) is 218 Å². The minimum absolute atomic E-state index is 0.620. The van der Waals surface area contributed by atoms with Crippen molar-refractivity contribution in [2.24, 2.45) is 0 Å². The molecule has 0 spiro atoms. The highest BCUT2D eigenvalue weighted by Gasteiger charge is 2.26. The van der Waals surface area contributed by atoms with Gasteiger partial charge in [-0.3, -0.25) is 10.1 Å². The average molecular weight is 398 g/mol. The van der Waals surface area contributed by atoms with Crippen LogP contribution in [-0.4, -0.2) is 49.2 Å². The molecule has 0 aromatic heterocycles. The lowest BCUT2D eigenvalue weighted by Gasteiger charge is -2.03. The first-order valence-electron chi connectivity index (χ1n) is 9.59. The first kappa shape index (κ1) is 13.7. The van der Waals surface area contributed by atoms with E-state index in [0.29, 0.717) is 0 Å². The molecule has 2 aromatic rings. The first-order valence-corrected chi connectivity index (χ1v) is 6.59. The summed E-state index contributed by atoms with van der Waals surface area (Å²) in [5.41, 5.74) is -0.794. The van der Waals surface area contributed by atoms with Gasteiger partial charge >= 0.3 is 23.9 Å². The van der Waals surface area contributed by atoms with Crippen LogP contribution in [-0.2, 0) is 0 Å². The molecule has 0 amide bonds. The second-order valence-corrected chi connectivity index (χ2v) is 4.49. The third-order valence-electron chi connectivity index (χ3n) is 2.80. The highest BCUT2D eigenvalue weighted by molar-refractivity contribution is 6.05. The molecule has 0 fully saturated rings. The summed E-state index contributed by atoms with van der Waals surface area (Å²) >= 11 is 0. The zero-order valence-corrected chi connectivity index (χ0v) is 13.3. The van der Waals surface area contributed by atoms with E-state index in [9.17, 15) is 29.3 Å². The number of rotatable bonds is 5. The maximum Gasteiger partial charge on any atom is 0.343 e. The number of carboxylic acid groups (broad SMARTS) is 4. The molecule has 0 saturated carbocycles. The van der Waals surface area contributed by atoms with Gasteiger partial charge in [-0.1, -0.05) is 12.1 Å². The van der Waals surface area contributed by atoms with Crippen LogP contribution in [0.5, 0.6) is 0 Å². The van der Waals surface area contributed by atoms with Crippen molar-refractivity contribution >= 4 is 35.3 Å². The Hall–Kier alpha value is -4.48. The predicted molar refractivity (Wildman–Crippen MR) is 91.8 cm³/mol. The van der Waals surface area contributed by atoms with Crippen molar-refractivity contribution in [1.29, 1.82) is 0 Å². The molecule has 0 aliphatic carbocycles. The van der Waals surface area contributed by atoms with Crippen LogP contribution in [0.1, 0.15) is 49.7 Å². The Morgan fingerprint density at radius 3 is 1.64 bits per heavy atom. The molecule has 2 rings (SSSR count). The number of nitrogens with two attached hydrogens (primary N) is 1. The van der Waals surface area contributed by atoms with Gasteiger partial charge in [0.25, 0.3) is 5.69 Å². The van der Waals surface area contributed by atoms with E-state index in [1.54, 1.807) is 0 Å². The van der Waals surface area contributed by atoms with Crippen LogP contribution in [0.3, 0.4) is 0 Å². The molecule has 6 N–H and O–H groups in total. The second-order valence-electron chi connectivity index (χ2n) is 4.49. The lowest BCUT2D eigenvalue weighted by atomic mass is 10.1. The lowest BCUT2D eigenvalue weighted by molar-refractivity contribution is -0.385. The number of hydrogen-bond donors (Lipinski definition) is 5. The molecule has 0 atom stereocenters. The number of carboxylic acids is 4. The summed E-state index contributed by atoms with van der Waals surface area (Å²) in [5.74, 6) is -7.13. The van der Waals surface area contributed by atoms with E-state index in [1.807, 2.05) is 0 Å². The zero-order chi connectivity index (χ0) is 26.8. The predicted octanol–water partition coefficient (Wildman–Crippen LogP) is 1.66. The van der Waals surface area contributed by atoms with E-state index >= 15 is 0 Å². The summed E-state index contributed by atoms with van der Waals surface area (Å²) in [7, 11) is 0. The molecule has 0 aliphatic heterocycles. The van der Waals surface area contributed by atoms with Gasteiger partial charge in [0.05, 0.1) is 29.8 Å². The molecule has 12 heteroatoms. The van der Waals surface area contributed by atoms with Crippen molar-refractivity contribution in [2.75, 3.05) is 5.73 Å². The van der Waals surface area contributed by atoms with Crippen LogP contribution in [0.4, 0.5) is 11.4 Å². The Kier molecular flexibility index (Phi) is 4.28. The summed E-state index contributed by atoms with van der Waals surface area (Å²) in [5, 5.41) is 45.7. The monoisotopic (exact) mass is 398 g/mol. The molecule has 2 aromatic carbocycles. The molecule has 0 radical (unpaired) electrons. The van der Waals surface area contributed by atoms with Gasteiger partial charge in [-0.2, -0.15) is 0 Å². The molecule has 0 unspecified atom stereocenters. The Morgan fingerprint density at radius 1 is 0.821 bits per heavy atom. The summed E-state index contributed by atoms with van der Waals surface area (Å²) in [4.78, 5) is 52.7. The van der Waals surface area contributed by atoms with Gasteiger partial charge in [-0.25, -0.2) is 19.2 Å². The van der Waals surface area contributed by atoms with Gasteiger partial charge in [0.2, 0.25) is 0 Å². The molecule has 0 bridgehead atoms. The molecule has 12 nitrogen and oxygen atoms in total. The number of anilines is 1. The summed E-state index contributed by atoms with van der Waals surface area (Å²) in [6.07, 6.45) is 0. The smallest absolute Gasteiger partial charge is 0.343 e. The third-order valence-corrected chi connectivity index (χ3v) is 2.80. The molecule has 146 valence electrons. The van der Waals surface area contributed by atoms with Crippen LogP contribution in [0.2, 0.25) is 0 Å². The number of benzene rings is 2. The largest absolute Gasteiger partial charge is 0.478 e. The fourth-order valence-electron chi connectivity index (χ4n) is 1.71. The van der Waals surface area contributed by atoms with E-state index in [1.165, 1.54) is 0 Å². The number of nitrogens with zero attached hydrogens (tertiary/aromatic N) is 1. The molecule has 0 saturated heterocycles. The van der Waals surface area contributed by atoms with E-state index in [0.717, 1.165) is 0 Å². The molecule has 0 heterocycles. The molecular weight excluding hydrogens is 380 g/mol. The van der Waals surface area contributed by atoms with Gasteiger partial charge < -0.3 is 26.2 Å². The van der Waals surface area contributed by atoms with Crippen molar-refractivity contribution in [2.45, 2.75) is 0 Å². The minimum atomic E-state index is -1.94. The number of aromatic carboxylic acids is 4. The average Bonchev–Trinajstić information content (AvgIpc) is 2.71. The van der Waals surface area contributed by atoms with Crippen LogP contribution in [0.15, 0.2) is 36.3 Å². The molecule has 28 heavy (non-hydrogen) atoms. The van der Waals surface area contributed by atoms with Gasteiger partial charge in [-0.05, 0) is 18.1 Å². The van der Waals surface area contributed by atoms with Crippen molar-refractivity contribution in [3.63, 3.8) is 0 Å². The van der Waals surface area contributed by atoms with Crippen LogP contribution in [0.25, 0.3) is 0 Å². The maximum absolute atomic E-state index is 10.9. The van der Waals surface area contributed by atoms with Crippen LogP contribution >= 0.6 is 0 Å². The van der Waals surface area contributed by atoms with Gasteiger partial charge in [0.15, 0.2) is 5.56 Å². The quantitative estimate of drug-likeness (QED) is 0.277. The summed E-state index contributed by atoms with van der Waals surface area (Å²) < 4.78 is 43.5. The number of nitrogen functional groups attached to an aromatic ring is 1. The van der Waals surface area contributed by atoms with Gasteiger partial charge in [0, 0.05) is 11.7 Å². The van der Waals surface area contributed by atoms with E-state index in [-0.39, 0.29) is 0 Å². The van der Waals surface area contributed by atoms with Crippen molar-refractivity contribution in [1.82, 2.24) is 0 Å². The fraction of sp³-hybridized carbons (Fsp3) is 0. The van der Waals surface area contributed by atoms with E-state index in [4.69, 9.17) is 34.4 Å². The van der Waals surface area contributed by atoms with Crippen molar-refractivity contribution < 1.29 is 52.8 Å². The first-order chi connectivity index (χ1) is 15.5. The number of carbonyl (C=O) groups is 4. The van der Waals surface area contributed by atoms with Crippen molar-refractivity contribution in [3.8, 4) is 0 Å². The van der Waals surface area contributed by atoms with Gasteiger partial charge in [-0.15, -0.1) is 0 Å². The second kappa shape index (κ2) is 8.75. The Bertz CT molecular complexity index is 1190. The van der Waals surface area contributed by atoms with Crippen LogP contribution in [0, 0.1) is 10.1 Å². The van der Waals surface area contributed by atoms with E-state index < -0.39 is 98.7 Å². The molecule has 0 aliphatic rings. The summed E-state index contributed by atoms with van der Waals surface area (Å²) in [6.45, 7) is 0. The van der Waals surface area contributed by atoms with E-state index in [2.05, 4.69) is 0 Å². The van der Waals surface area contributed by atoms with Crippen molar-refractivity contribution in [3.05, 3.63) is 68.6 Å². The number of nitro benzene ring substituents is 1. The maximum atomic E-state index is 10.9. The van der Waals surface area contributed by atoms with Crippen LogP contribution < -0.4 is 5.73 Å². The highest BCUT2D eigenvalue weighted by Crippen LogP contribution is 2.22. The van der Waals surface area contributed by atoms with Gasteiger partial charge in [0.1, 0.15) is 0 Å². The minimum Gasteiger partial charge on any atom is -0.478 e. The fourth-order valence-corrected chi connectivity index (χ4v) is 1.71. The SMILES string of the molecule is [2H]c1c([2H])c(C(=O)O)c(C(=O)O)c([N+](=O)[O-])c1[2H].[2H]c1c([2H])c(N)c(C(=O)O)c(C(=O)O)c1[2H]. The Balaban J connectivity index is 0.000000342. The molecular formula is C16H12N2O10. The standard InChI is InChI=1S/C8H5NO6.C8H7NO4/c10-7(11)4-2-1-3-5(9(14)15)6(4)8(12)13;9-5-3-1-2-4(7(10)11)6(5)8(12)13/h1-3H,(H,10,11)(H,12,13);1-3H,9H2,(H,10,11)(H,12,13)/i2*1D,2D,3D. The third kappa shape index (κ3) is 4.78.